The Morgan fingerprint density at radius 2 is 2.00 bits per heavy atom. The lowest BCUT2D eigenvalue weighted by molar-refractivity contribution is 0.168. The fourth-order valence-electron chi connectivity index (χ4n) is 2.33. The van der Waals surface area contributed by atoms with E-state index in [4.69, 9.17) is 10.7 Å². The summed E-state index contributed by atoms with van der Waals surface area (Å²) in [6, 6.07) is 0. The van der Waals surface area contributed by atoms with E-state index in [2.05, 4.69) is 38.0 Å². The van der Waals surface area contributed by atoms with E-state index in [1.165, 1.54) is 5.69 Å². The van der Waals surface area contributed by atoms with Gasteiger partial charge in [-0.3, -0.25) is 0 Å². The minimum absolute atomic E-state index is 0.120. The van der Waals surface area contributed by atoms with Crippen molar-refractivity contribution in [1.82, 2.24) is 9.88 Å². The first kappa shape index (κ1) is 14.0. The molecule has 1 aromatic heterocycles. The van der Waals surface area contributed by atoms with Crippen LogP contribution >= 0.6 is 11.3 Å². The lowest BCUT2D eigenvalue weighted by Gasteiger charge is -2.37. The van der Waals surface area contributed by atoms with Crippen molar-refractivity contribution in [1.29, 1.82) is 0 Å². The second-order valence-corrected chi connectivity index (χ2v) is 7.24. The largest absolute Gasteiger partial charge is 0.319 e. The van der Waals surface area contributed by atoms with E-state index in [0.717, 1.165) is 37.5 Å². The van der Waals surface area contributed by atoms with Gasteiger partial charge in [0, 0.05) is 23.9 Å². The van der Waals surface area contributed by atoms with Gasteiger partial charge in [0.15, 0.2) is 0 Å². The van der Waals surface area contributed by atoms with E-state index in [1.807, 2.05) is 0 Å². The van der Waals surface area contributed by atoms with E-state index in [-0.39, 0.29) is 11.0 Å². The summed E-state index contributed by atoms with van der Waals surface area (Å²) in [6.45, 7) is 12.1. The van der Waals surface area contributed by atoms with Crippen LogP contribution in [0.1, 0.15) is 51.2 Å². The summed E-state index contributed by atoms with van der Waals surface area (Å²) >= 11 is 1.74. The number of thiazole rings is 1. The maximum atomic E-state index is 6.58. The first-order chi connectivity index (χ1) is 8.35. The SMILES string of the molecule is CCN1CCC(N)(c2nc(C(C)(C)C)cs2)CC1. The van der Waals surface area contributed by atoms with Crippen LogP contribution in [0.3, 0.4) is 0 Å². The zero-order valence-electron chi connectivity index (χ0n) is 12.0. The topological polar surface area (TPSA) is 42.1 Å². The number of likely N-dealkylation sites (tertiary alicyclic amines) is 1. The van der Waals surface area contributed by atoms with Crippen LogP contribution in [0.4, 0.5) is 0 Å². The molecular weight excluding hydrogens is 242 g/mol. The van der Waals surface area contributed by atoms with E-state index in [1.54, 1.807) is 11.3 Å². The Bertz CT molecular complexity index is 397. The van der Waals surface area contributed by atoms with E-state index < -0.39 is 0 Å². The third-order valence-electron chi connectivity index (χ3n) is 3.89. The average molecular weight is 267 g/mol. The second kappa shape index (κ2) is 4.91. The average Bonchev–Trinajstić information content (AvgIpc) is 2.79. The van der Waals surface area contributed by atoms with Crippen LogP contribution in [0.25, 0.3) is 0 Å². The maximum absolute atomic E-state index is 6.58. The molecule has 1 aliphatic rings. The van der Waals surface area contributed by atoms with Gasteiger partial charge in [-0.2, -0.15) is 0 Å². The Kier molecular flexibility index (Phi) is 3.81. The highest BCUT2D eigenvalue weighted by Gasteiger charge is 2.35. The standard InChI is InChI=1S/C14H25N3S/c1-5-17-8-6-14(15,7-9-17)12-16-11(10-18-12)13(2,3)4/h10H,5-9,15H2,1-4H3. The van der Waals surface area contributed by atoms with Crippen LogP contribution < -0.4 is 5.73 Å². The third kappa shape index (κ3) is 2.76. The molecule has 0 saturated carbocycles. The number of piperidine rings is 1. The van der Waals surface area contributed by atoms with E-state index in [0.29, 0.717) is 0 Å². The predicted octanol–water partition coefficient (Wildman–Crippen LogP) is 2.71. The Hall–Kier alpha value is -0.450. The van der Waals surface area contributed by atoms with Gasteiger partial charge in [0.05, 0.1) is 11.2 Å². The van der Waals surface area contributed by atoms with Crippen molar-refractivity contribution in [3.8, 4) is 0 Å². The lowest BCUT2D eigenvalue weighted by atomic mass is 9.88. The Balaban J connectivity index is 2.14. The summed E-state index contributed by atoms with van der Waals surface area (Å²) in [5.41, 5.74) is 7.67. The summed E-state index contributed by atoms with van der Waals surface area (Å²) < 4.78 is 0. The molecule has 2 rings (SSSR count). The van der Waals surface area contributed by atoms with Crippen molar-refractivity contribution < 1.29 is 0 Å². The number of nitrogens with two attached hydrogens (primary N) is 1. The molecule has 0 amide bonds. The van der Waals surface area contributed by atoms with Gasteiger partial charge in [-0.1, -0.05) is 27.7 Å². The summed E-state index contributed by atoms with van der Waals surface area (Å²) in [6.07, 6.45) is 2.05. The molecule has 4 heteroatoms. The van der Waals surface area contributed by atoms with Crippen LogP contribution in [-0.4, -0.2) is 29.5 Å². The molecule has 1 saturated heterocycles. The summed E-state index contributed by atoms with van der Waals surface area (Å²) in [4.78, 5) is 7.26. The molecule has 2 N–H and O–H groups in total. The van der Waals surface area contributed by atoms with Crippen molar-refractivity contribution in [2.75, 3.05) is 19.6 Å². The molecule has 3 nitrogen and oxygen atoms in total. The van der Waals surface area contributed by atoms with Crippen molar-refractivity contribution >= 4 is 11.3 Å². The van der Waals surface area contributed by atoms with Gasteiger partial charge < -0.3 is 10.6 Å². The van der Waals surface area contributed by atoms with Gasteiger partial charge in [-0.05, 0) is 19.4 Å². The van der Waals surface area contributed by atoms with Gasteiger partial charge in [-0.15, -0.1) is 11.3 Å². The molecule has 0 radical (unpaired) electrons. The summed E-state index contributed by atoms with van der Waals surface area (Å²) in [5, 5.41) is 3.30. The number of nitrogens with zero attached hydrogens (tertiary/aromatic N) is 2. The molecule has 1 aromatic rings. The number of aromatic nitrogens is 1. The van der Waals surface area contributed by atoms with Crippen LogP contribution in [0.15, 0.2) is 5.38 Å². The van der Waals surface area contributed by atoms with Gasteiger partial charge in [0.25, 0.3) is 0 Å². The Morgan fingerprint density at radius 1 is 1.39 bits per heavy atom. The quantitative estimate of drug-likeness (QED) is 0.896. The molecular formula is C14H25N3S. The summed E-state index contributed by atoms with van der Waals surface area (Å²) in [7, 11) is 0. The van der Waals surface area contributed by atoms with Crippen molar-refractivity contribution in [2.24, 2.45) is 5.73 Å². The molecule has 1 fully saturated rings. The van der Waals surface area contributed by atoms with Crippen molar-refractivity contribution in [3.63, 3.8) is 0 Å². The lowest BCUT2D eigenvalue weighted by Crippen LogP contribution is -2.48. The van der Waals surface area contributed by atoms with Gasteiger partial charge >= 0.3 is 0 Å². The highest BCUT2D eigenvalue weighted by Crippen LogP contribution is 2.34. The molecule has 0 aromatic carbocycles. The molecule has 0 atom stereocenters. The Labute approximate surface area is 114 Å². The molecule has 0 unspecified atom stereocenters. The first-order valence-corrected chi connectivity index (χ1v) is 7.71. The van der Waals surface area contributed by atoms with Gasteiger partial charge in [0.1, 0.15) is 5.01 Å². The zero-order chi connectivity index (χ0) is 13.4. The second-order valence-electron chi connectivity index (χ2n) is 6.38. The third-order valence-corrected chi connectivity index (χ3v) is 4.96. The van der Waals surface area contributed by atoms with E-state index in [9.17, 15) is 0 Å². The molecule has 0 spiro atoms. The normalized spacial score (nSPS) is 21.2. The number of hydrogen-bond acceptors (Lipinski definition) is 4. The molecule has 18 heavy (non-hydrogen) atoms. The fraction of sp³-hybridized carbons (Fsp3) is 0.786. The van der Waals surface area contributed by atoms with E-state index >= 15 is 0 Å². The minimum atomic E-state index is -0.195. The van der Waals surface area contributed by atoms with Crippen LogP contribution in [0.2, 0.25) is 0 Å². The smallest absolute Gasteiger partial charge is 0.113 e. The van der Waals surface area contributed by atoms with Crippen LogP contribution in [0, 0.1) is 0 Å². The maximum Gasteiger partial charge on any atom is 0.113 e. The Morgan fingerprint density at radius 3 is 2.44 bits per heavy atom. The zero-order valence-corrected chi connectivity index (χ0v) is 12.8. The molecule has 2 heterocycles. The highest BCUT2D eigenvalue weighted by molar-refractivity contribution is 7.09. The highest BCUT2D eigenvalue weighted by atomic mass is 32.1. The first-order valence-electron chi connectivity index (χ1n) is 6.83. The van der Waals surface area contributed by atoms with Crippen molar-refractivity contribution in [3.05, 3.63) is 16.1 Å². The number of hydrogen-bond donors (Lipinski definition) is 1. The monoisotopic (exact) mass is 267 g/mol. The van der Waals surface area contributed by atoms with Gasteiger partial charge in [-0.25, -0.2) is 4.98 Å². The predicted molar refractivity (Wildman–Crippen MR) is 78.0 cm³/mol. The minimum Gasteiger partial charge on any atom is -0.319 e. The molecule has 0 bridgehead atoms. The fourth-order valence-corrected chi connectivity index (χ4v) is 3.55. The summed E-state index contributed by atoms with van der Waals surface area (Å²) in [5.74, 6) is 0. The van der Waals surface area contributed by atoms with Crippen LogP contribution in [0.5, 0.6) is 0 Å². The molecule has 102 valence electrons. The van der Waals surface area contributed by atoms with Crippen molar-refractivity contribution in [2.45, 2.75) is 51.5 Å². The molecule has 1 aliphatic heterocycles. The molecule has 0 aliphatic carbocycles. The van der Waals surface area contributed by atoms with Crippen LogP contribution in [-0.2, 0) is 11.0 Å². The van der Waals surface area contributed by atoms with Gasteiger partial charge in [0.2, 0.25) is 0 Å². The number of rotatable bonds is 2.